The predicted molar refractivity (Wildman–Crippen MR) is 481 cm³/mol. The summed E-state index contributed by atoms with van der Waals surface area (Å²) < 4.78 is 0. The minimum absolute atomic E-state index is 0.0907. The quantitative estimate of drug-likeness (QED) is 0.0337. The summed E-state index contributed by atoms with van der Waals surface area (Å²) in [6.45, 7) is 24.3. The van der Waals surface area contributed by atoms with E-state index in [1.165, 1.54) is 333 Å². The third kappa shape index (κ3) is 21.0. The lowest BCUT2D eigenvalue weighted by Gasteiger charge is -2.33. The lowest BCUT2D eigenvalue weighted by Crippen LogP contribution is -2.25. The minimum atomic E-state index is 0.0907. The summed E-state index contributed by atoms with van der Waals surface area (Å²) >= 11 is 12.6. The van der Waals surface area contributed by atoms with Crippen LogP contribution in [0.15, 0.2) is 89.9 Å². The zero-order valence-corrected chi connectivity index (χ0v) is 72.8. The normalized spacial score (nSPS) is 13.0. The summed E-state index contributed by atoms with van der Waals surface area (Å²) in [5.41, 5.74) is 21.3. The molecule has 1 aliphatic heterocycles. The average Bonchev–Trinajstić information content (AvgIpc) is 1.55. The van der Waals surface area contributed by atoms with Crippen LogP contribution in [-0.4, -0.2) is 6.54 Å². The first-order valence-corrected chi connectivity index (χ1v) is 48.7. The Labute approximate surface area is 669 Å². The van der Waals surface area contributed by atoms with Gasteiger partial charge in [0.1, 0.15) is 0 Å². The second kappa shape index (κ2) is 42.8. The third-order valence-electron chi connectivity index (χ3n) is 23.6. The molecule has 6 aromatic heterocycles. The Bertz CT molecular complexity index is 4270. The van der Waals surface area contributed by atoms with Crippen LogP contribution in [0, 0.1) is 13.8 Å². The van der Waals surface area contributed by atoms with E-state index in [2.05, 4.69) is 217 Å². The van der Waals surface area contributed by atoms with Gasteiger partial charge >= 0.3 is 0 Å². The molecule has 9 aromatic rings. The smallest absolute Gasteiger partial charge is 0.0741 e. The van der Waals surface area contributed by atoms with Crippen LogP contribution in [0.5, 0.6) is 0 Å². The van der Waals surface area contributed by atoms with Gasteiger partial charge in [0, 0.05) is 80.3 Å². The molecule has 1 aliphatic carbocycles. The van der Waals surface area contributed by atoms with Crippen LogP contribution >= 0.6 is 68.0 Å². The largest absolute Gasteiger partial charge is 0.280 e. The van der Waals surface area contributed by atoms with Gasteiger partial charge in [-0.1, -0.05) is 302 Å². The van der Waals surface area contributed by atoms with Crippen LogP contribution in [0.4, 0.5) is 0 Å². The van der Waals surface area contributed by atoms with Crippen molar-refractivity contribution in [1.82, 2.24) is 0 Å². The third-order valence-corrected chi connectivity index (χ3v) is 31.4. The number of nitrogens with zero attached hydrogens (tertiary/aromatic N) is 1. The molecule has 11 rings (SSSR count). The van der Waals surface area contributed by atoms with Crippen LogP contribution < -0.4 is 10.6 Å². The standard InChI is InChI=1S/C99H135NS6/c1-11-19-27-35-37-45-60-99(61-46-38-36-28-20-12-2)85-57-53-71(9)63-83(85)84-65-73(54-58-86(84)99)87-66-75(48-40-30-22-14-4)94(102-87)91-70-79(52-44-34-26-18-8)98(106-91)96-77(50-42-32-24-16-6)68-89(104-96)82-56-55-80(81-59-62-100-92(81)82)88-67-76(49-41-31-23-15-5)95(103-88)97-78(51-43-33-25-17-7)69-90(105-97)93-74(64-72(10)101-93)47-39-29-21-13-3/h53-59,63-70H,11-52,60-62H2,1-10H3. The SMILES string of the molecule is CCCCCCCCC1(CCCCCCCC)c2ccc(C)cc2-c2cc(-c3cc(CCCCCC)c(-c4cc(CCCCCC)c(-c5sc(-c6ccc(-c7cc(CCCCCC)c(-c8sc(-c9sc(C)cc9CCCCCC)cc8CCCCCC)s7)c7c6=NCC=7)cc5CCCCCC)s4)s3)ccc21. The molecular formula is C99H135NS6. The van der Waals surface area contributed by atoms with E-state index < -0.39 is 0 Å². The van der Waals surface area contributed by atoms with E-state index in [1.807, 2.05) is 11.3 Å². The van der Waals surface area contributed by atoms with Gasteiger partial charge in [0.2, 0.25) is 0 Å². The molecule has 3 aromatic carbocycles. The Morgan fingerprint density at radius 1 is 0.292 bits per heavy atom. The van der Waals surface area contributed by atoms with E-state index in [4.69, 9.17) is 4.99 Å². The Balaban J connectivity index is 0.977. The Hall–Kier alpha value is -4.47. The van der Waals surface area contributed by atoms with E-state index in [0.717, 1.165) is 38.6 Å². The molecule has 0 atom stereocenters. The number of hydrogen-bond acceptors (Lipinski definition) is 7. The van der Waals surface area contributed by atoms with Gasteiger partial charge in [-0.05, 0) is 207 Å². The molecule has 572 valence electrons. The molecule has 0 spiro atoms. The lowest BCUT2D eigenvalue weighted by molar-refractivity contribution is 0.398. The van der Waals surface area contributed by atoms with Gasteiger partial charge < -0.3 is 0 Å². The second-order valence-electron chi connectivity index (χ2n) is 32.3. The molecule has 1 nitrogen and oxygen atoms in total. The summed E-state index contributed by atoms with van der Waals surface area (Å²) in [6.07, 6.45) is 58.9. The van der Waals surface area contributed by atoms with Crippen molar-refractivity contribution >= 4 is 74.1 Å². The number of fused-ring (bicyclic) bond motifs is 4. The maximum atomic E-state index is 5.50. The predicted octanol–water partition coefficient (Wildman–Crippen LogP) is 33.3. The van der Waals surface area contributed by atoms with Gasteiger partial charge in [-0.3, -0.25) is 4.99 Å². The van der Waals surface area contributed by atoms with E-state index in [0.29, 0.717) is 0 Å². The van der Waals surface area contributed by atoms with Crippen molar-refractivity contribution < 1.29 is 0 Å². The molecule has 0 unspecified atom stereocenters. The van der Waals surface area contributed by atoms with Crippen LogP contribution in [0.1, 0.15) is 354 Å². The van der Waals surface area contributed by atoms with Gasteiger partial charge in [0.25, 0.3) is 0 Å². The molecule has 0 N–H and O–H groups in total. The first-order chi connectivity index (χ1) is 52.1. The Morgan fingerprint density at radius 3 is 1.09 bits per heavy atom. The maximum Gasteiger partial charge on any atom is 0.0741 e. The topological polar surface area (TPSA) is 12.4 Å². The molecule has 2 aliphatic rings. The molecule has 0 bridgehead atoms. The fourth-order valence-electron chi connectivity index (χ4n) is 17.6. The van der Waals surface area contributed by atoms with Gasteiger partial charge in [0.15, 0.2) is 0 Å². The number of unbranched alkanes of at least 4 members (excludes halogenated alkanes) is 28. The summed E-state index contributed by atoms with van der Waals surface area (Å²) in [5.74, 6) is 0. The fourth-order valence-corrected chi connectivity index (χ4v) is 25.4. The zero-order valence-electron chi connectivity index (χ0n) is 67.9. The van der Waals surface area contributed by atoms with Crippen LogP contribution in [-0.2, 0) is 43.9 Å². The first kappa shape index (κ1) is 82.5. The monoisotopic (exact) mass is 1530 g/mol. The number of benzene rings is 3. The molecule has 0 saturated heterocycles. The molecule has 0 saturated carbocycles. The number of aryl methyl sites for hydroxylation is 8. The molecule has 0 fully saturated rings. The first-order valence-electron chi connectivity index (χ1n) is 43.8. The van der Waals surface area contributed by atoms with Crippen molar-refractivity contribution in [3.63, 3.8) is 0 Å². The second-order valence-corrected chi connectivity index (χ2v) is 38.8. The Kier molecular flexibility index (Phi) is 33.3. The number of rotatable bonds is 51. The number of thiophene rings is 6. The van der Waals surface area contributed by atoms with Crippen molar-refractivity contribution in [2.45, 2.75) is 357 Å². The van der Waals surface area contributed by atoms with Gasteiger partial charge in [-0.2, -0.15) is 0 Å². The molecule has 0 amide bonds. The molecule has 7 heteroatoms. The van der Waals surface area contributed by atoms with E-state index in [1.54, 1.807) is 64.0 Å². The van der Waals surface area contributed by atoms with Crippen molar-refractivity contribution in [3.8, 4) is 81.5 Å². The van der Waals surface area contributed by atoms with E-state index >= 15 is 0 Å². The maximum absolute atomic E-state index is 5.50. The summed E-state index contributed by atoms with van der Waals surface area (Å²) in [7, 11) is 0. The highest BCUT2D eigenvalue weighted by Gasteiger charge is 2.42. The van der Waals surface area contributed by atoms with Crippen LogP contribution in [0.2, 0.25) is 0 Å². The lowest BCUT2D eigenvalue weighted by atomic mass is 9.70. The zero-order chi connectivity index (χ0) is 74.0. The summed E-state index contributed by atoms with van der Waals surface area (Å²) in [5, 5.41) is 2.57. The molecular weight excluding hydrogens is 1400 g/mol. The van der Waals surface area contributed by atoms with Crippen molar-refractivity contribution in [2.24, 2.45) is 4.99 Å². The van der Waals surface area contributed by atoms with Crippen LogP contribution in [0.25, 0.3) is 87.5 Å². The van der Waals surface area contributed by atoms with Gasteiger partial charge in [-0.25, -0.2) is 0 Å². The minimum Gasteiger partial charge on any atom is -0.280 e. The average molecular weight is 1530 g/mol. The Morgan fingerprint density at radius 2 is 0.632 bits per heavy atom. The van der Waals surface area contributed by atoms with Gasteiger partial charge in [-0.15, -0.1) is 68.0 Å². The van der Waals surface area contributed by atoms with Crippen LogP contribution in [0.3, 0.4) is 0 Å². The molecule has 0 radical (unpaired) electrons. The van der Waals surface area contributed by atoms with Crippen molar-refractivity contribution in [1.29, 1.82) is 0 Å². The van der Waals surface area contributed by atoms with Crippen molar-refractivity contribution in [3.05, 3.63) is 150 Å². The molecule has 7 heterocycles. The van der Waals surface area contributed by atoms with Crippen molar-refractivity contribution in [2.75, 3.05) is 6.54 Å². The highest BCUT2D eigenvalue weighted by Crippen LogP contribution is 2.57. The summed E-state index contributed by atoms with van der Waals surface area (Å²) in [4.78, 5) is 23.5. The van der Waals surface area contributed by atoms with E-state index in [-0.39, 0.29) is 5.41 Å². The summed E-state index contributed by atoms with van der Waals surface area (Å²) in [6, 6.07) is 36.3. The highest BCUT2D eigenvalue weighted by atomic mass is 32.1. The number of hydrogen-bond donors (Lipinski definition) is 0. The van der Waals surface area contributed by atoms with Gasteiger partial charge in [0.05, 0.1) is 11.9 Å². The highest BCUT2D eigenvalue weighted by molar-refractivity contribution is 7.29. The molecule has 106 heavy (non-hydrogen) atoms. The van der Waals surface area contributed by atoms with E-state index in [9.17, 15) is 0 Å². The fraction of sp³-hybridized carbons (Fsp3) is 0.566.